The Hall–Kier alpha value is -2.37. The van der Waals surface area contributed by atoms with Gasteiger partial charge in [-0.1, -0.05) is 57.5 Å². The second kappa shape index (κ2) is 12.2. The number of carbonyl (C=O) groups excluding carboxylic acids is 2. The third-order valence-corrected chi connectivity index (χ3v) is 4.59. The zero-order chi connectivity index (χ0) is 19.6. The standard InChI is InChI=1S/C22H29N3O2.ClH/c1-4-16(3)20(25-21(26)18-11-7-6-8-12-18)22(27)24-19-13-9-10-17(14-19)15-23-5-2;/h6-14,16,20,23H,4-5,15H2,1-3H3,(H,24,27)(H,25,26);1H. The fourth-order valence-corrected chi connectivity index (χ4v) is 2.76. The van der Waals surface area contributed by atoms with Crippen molar-refractivity contribution in [2.24, 2.45) is 5.92 Å². The number of hydrogen-bond acceptors (Lipinski definition) is 3. The Balaban J connectivity index is 0.00000392. The molecule has 0 aliphatic rings. The lowest BCUT2D eigenvalue weighted by Gasteiger charge is -2.23. The van der Waals surface area contributed by atoms with E-state index in [1.807, 2.05) is 56.3 Å². The molecule has 2 aromatic carbocycles. The number of carbonyl (C=O) groups is 2. The van der Waals surface area contributed by atoms with Crippen molar-refractivity contribution in [2.75, 3.05) is 11.9 Å². The molecular weight excluding hydrogens is 374 g/mol. The van der Waals surface area contributed by atoms with Crippen LogP contribution in [-0.4, -0.2) is 24.4 Å². The fourth-order valence-electron chi connectivity index (χ4n) is 2.76. The topological polar surface area (TPSA) is 70.2 Å². The summed E-state index contributed by atoms with van der Waals surface area (Å²) in [5.74, 6) is -0.422. The first kappa shape index (κ1) is 23.7. The average molecular weight is 404 g/mol. The van der Waals surface area contributed by atoms with Gasteiger partial charge in [-0.05, 0) is 42.3 Å². The molecule has 0 fully saturated rings. The van der Waals surface area contributed by atoms with Crippen molar-refractivity contribution in [2.45, 2.75) is 39.8 Å². The first-order valence-corrected chi connectivity index (χ1v) is 9.51. The van der Waals surface area contributed by atoms with E-state index in [1.54, 1.807) is 12.1 Å². The van der Waals surface area contributed by atoms with Crippen LogP contribution in [0.1, 0.15) is 43.1 Å². The summed E-state index contributed by atoms with van der Waals surface area (Å²) in [4.78, 5) is 25.4. The summed E-state index contributed by atoms with van der Waals surface area (Å²) in [5, 5.41) is 9.11. The predicted octanol–water partition coefficient (Wildman–Crippen LogP) is 4.00. The van der Waals surface area contributed by atoms with E-state index in [9.17, 15) is 9.59 Å². The lowest BCUT2D eigenvalue weighted by Crippen LogP contribution is -2.47. The third kappa shape index (κ3) is 6.98. The van der Waals surface area contributed by atoms with Gasteiger partial charge in [0.25, 0.3) is 5.91 Å². The Labute approximate surface area is 173 Å². The SMILES string of the molecule is CCNCc1cccc(NC(=O)C(NC(=O)c2ccccc2)C(C)CC)c1.Cl. The number of hydrogen-bond donors (Lipinski definition) is 3. The van der Waals surface area contributed by atoms with Crippen LogP contribution in [0.2, 0.25) is 0 Å². The van der Waals surface area contributed by atoms with Crippen molar-refractivity contribution in [1.82, 2.24) is 10.6 Å². The molecule has 152 valence electrons. The van der Waals surface area contributed by atoms with Crippen molar-refractivity contribution in [1.29, 1.82) is 0 Å². The predicted molar refractivity (Wildman–Crippen MR) is 117 cm³/mol. The molecule has 0 saturated heterocycles. The molecular formula is C22H30ClN3O2. The molecule has 2 amide bonds. The van der Waals surface area contributed by atoms with Crippen LogP contribution in [0.3, 0.4) is 0 Å². The van der Waals surface area contributed by atoms with Gasteiger partial charge >= 0.3 is 0 Å². The summed E-state index contributed by atoms with van der Waals surface area (Å²) in [6, 6.07) is 16.1. The van der Waals surface area contributed by atoms with Crippen molar-refractivity contribution < 1.29 is 9.59 Å². The first-order valence-electron chi connectivity index (χ1n) is 9.51. The second-order valence-electron chi connectivity index (χ2n) is 6.67. The van der Waals surface area contributed by atoms with Gasteiger partial charge < -0.3 is 16.0 Å². The van der Waals surface area contributed by atoms with E-state index in [1.165, 1.54) is 0 Å². The minimum atomic E-state index is -0.597. The highest BCUT2D eigenvalue weighted by atomic mass is 35.5. The third-order valence-electron chi connectivity index (χ3n) is 4.59. The molecule has 0 saturated carbocycles. The van der Waals surface area contributed by atoms with Gasteiger partial charge in [-0.2, -0.15) is 0 Å². The summed E-state index contributed by atoms with van der Waals surface area (Å²) in [6.07, 6.45) is 0.785. The lowest BCUT2D eigenvalue weighted by atomic mass is 9.97. The molecule has 0 aromatic heterocycles. The van der Waals surface area contributed by atoms with Crippen LogP contribution in [-0.2, 0) is 11.3 Å². The van der Waals surface area contributed by atoms with Gasteiger partial charge in [0.2, 0.25) is 5.91 Å². The number of halogens is 1. The number of rotatable bonds is 9. The fraction of sp³-hybridized carbons (Fsp3) is 0.364. The number of nitrogens with one attached hydrogen (secondary N) is 3. The van der Waals surface area contributed by atoms with E-state index in [0.717, 1.165) is 30.8 Å². The van der Waals surface area contributed by atoms with Crippen molar-refractivity contribution in [3.05, 3.63) is 65.7 Å². The quantitative estimate of drug-likeness (QED) is 0.592. The van der Waals surface area contributed by atoms with Gasteiger partial charge in [0.05, 0.1) is 0 Å². The van der Waals surface area contributed by atoms with Crippen LogP contribution in [0.25, 0.3) is 0 Å². The van der Waals surface area contributed by atoms with Crippen LogP contribution in [0.5, 0.6) is 0 Å². The molecule has 5 nitrogen and oxygen atoms in total. The van der Waals surface area contributed by atoms with Crippen LogP contribution in [0.4, 0.5) is 5.69 Å². The minimum Gasteiger partial charge on any atom is -0.340 e. The van der Waals surface area contributed by atoms with Gasteiger partial charge in [0.1, 0.15) is 6.04 Å². The van der Waals surface area contributed by atoms with Gasteiger partial charge in [0.15, 0.2) is 0 Å². The molecule has 6 heteroatoms. The van der Waals surface area contributed by atoms with Crippen LogP contribution >= 0.6 is 12.4 Å². The van der Waals surface area contributed by atoms with Gasteiger partial charge in [-0.3, -0.25) is 9.59 Å². The molecule has 0 aliphatic carbocycles. The van der Waals surface area contributed by atoms with Gasteiger partial charge in [-0.15, -0.1) is 12.4 Å². The maximum absolute atomic E-state index is 12.9. The molecule has 0 aliphatic heterocycles. The highest BCUT2D eigenvalue weighted by molar-refractivity contribution is 6.01. The van der Waals surface area contributed by atoms with E-state index >= 15 is 0 Å². The van der Waals surface area contributed by atoms with Crippen molar-refractivity contribution in [3.8, 4) is 0 Å². The molecule has 3 N–H and O–H groups in total. The largest absolute Gasteiger partial charge is 0.340 e. The smallest absolute Gasteiger partial charge is 0.251 e. The summed E-state index contributed by atoms with van der Waals surface area (Å²) in [7, 11) is 0. The summed E-state index contributed by atoms with van der Waals surface area (Å²) in [6.45, 7) is 7.67. The second-order valence-corrected chi connectivity index (χ2v) is 6.67. The summed E-state index contributed by atoms with van der Waals surface area (Å²) < 4.78 is 0. The van der Waals surface area contributed by atoms with Gasteiger partial charge in [-0.25, -0.2) is 0 Å². The summed E-state index contributed by atoms with van der Waals surface area (Å²) in [5.41, 5.74) is 2.38. The maximum Gasteiger partial charge on any atom is 0.251 e. The summed E-state index contributed by atoms with van der Waals surface area (Å²) >= 11 is 0. The minimum absolute atomic E-state index is 0. The first-order chi connectivity index (χ1) is 13.0. The zero-order valence-electron chi connectivity index (χ0n) is 16.7. The molecule has 2 atom stereocenters. The van der Waals surface area contributed by atoms with Crippen LogP contribution < -0.4 is 16.0 Å². The molecule has 2 rings (SSSR count). The molecule has 28 heavy (non-hydrogen) atoms. The molecule has 0 radical (unpaired) electrons. The number of anilines is 1. The Bertz CT molecular complexity index is 752. The van der Waals surface area contributed by atoms with Crippen molar-refractivity contribution >= 4 is 29.9 Å². The lowest BCUT2D eigenvalue weighted by molar-refractivity contribution is -0.119. The number of amides is 2. The Kier molecular flexibility index (Phi) is 10.3. The van der Waals surface area contributed by atoms with Gasteiger partial charge in [0, 0.05) is 17.8 Å². The molecule has 0 bridgehead atoms. The monoisotopic (exact) mass is 403 g/mol. The number of benzene rings is 2. The average Bonchev–Trinajstić information content (AvgIpc) is 2.70. The zero-order valence-corrected chi connectivity index (χ0v) is 17.5. The van der Waals surface area contributed by atoms with Crippen LogP contribution in [0.15, 0.2) is 54.6 Å². The van der Waals surface area contributed by atoms with E-state index in [4.69, 9.17) is 0 Å². The Morgan fingerprint density at radius 1 is 1.00 bits per heavy atom. The molecule has 0 heterocycles. The highest BCUT2D eigenvalue weighted by Gasteiger charge is 2.26. The van der Waals surface area contributed by atoms with E-state index < -0.39 is 6.04 Å². The molecule has 0 spiro atoms. The van der Waals surface area contributed by atoms with E-state index in [0.29, 0.717) is 5.56 Å². The van der Waals surface area contributed by atoms with E-state index in [2.05, 4.69) is 22.9 Å². The van der Waals surface area contributed by atoms with E-state index in [-0.39, 0.29) is 30.1 Å². The Morgan fingerprint density at radius 3 is 2.36 bits per heavy atom. The normalized spacial score (nSPS) is 12.4. The highest BCUT2D eigenvalue weighted by Crippen LogP contribution is 2.15. The van der Waals surface area contributed by atoms with Crippen molar-refractivity contribution in [3.63, 3.8) is 0 Å². The molecule has 2 unspecified atom stereocenters. The molecule has 2 aromatic rings. The Morgan fingerprint density at radius 2 is 1.71 bits per heavy atom. The van der Waals surface area contributed by atoms with Crippen LogP contribution in [0, 0.1) is 5.92 Å². The maximum atomic E-state index is 12.9.